The summed E-state index contributed by atoms with van der Waals surface area (Å²) in [7, 11) is 2.06. The minimum absolute atomic E-state index is 0.171. The number of hydrogen-bond donors (Lipinski definition) is 2. The van der Waals surface area contributed by atoms with Gasteiger partial charge in [0.1, 0.15) is 0 Å². The van der Waals surface area contributed by atoms with Crippen LogP contribution in [0.3, 0.4) is 0 Å². The van der Waals surface area contributed by atoms with Gasteiger partial charge in [-0.3, -0.25) is 9.11 Å². The summed E-state index contributed by atoms with van der Waals surface area (Å²) in [5.74, 6) is 0. The third-order valence-electron chi connectivity index (χ3n) is 0.632. The highest BCUT2D eigenvalue weighted by Gasteiger charge is 2.13. The van der Waals surface area contributed by atoms with Crippen LogP contribution < -0.4 is 0 Å². The van der Waals surface area contributed by atoms with Crippen molar-refractivity contribution in [2.24, 2.45) is 0 Å². The zero-order chi connectivity index (χ0) is 6.91. The van der Waals surface area contributed by atoms with E-state index in [9.17, 15) is 0 Å². The maximum Gasteiger partial charge on any atom is 0.219 e. The van der Waals surface area contributed by atoms with Crippen LogP contribution in [0.5, 0.6) is 0 Å². The third-order valence-corrected chi connectivity index (χ3v) is 3.45. The highest BCUT2D eigenvalue weighted by molar-refractivity contribution is 8.43. The molecule has 52 valence electrons. The molecule has 0 spiro atoms. The molecule has 6 heteroatoms. The molecule has 0 bridgehead atoms. The largest absolute Gasteiger partial charge is 0.279 e. The average Bonchev–Trinajstić information content (AvgIpc) is 2.08. The molecule has 0 aliphatic heterocycles. The fraction of sp³-hybridized carbons (Fsp3) is 0. The summed E-state index contributed by atoms with van der Waals surface area (Å²) in [6.45, 7) is 0. The van der Waals surface area contributed by atoms with Gasteiger partial charge in [-0.1, -0.05) is 9.80 Å². The first-order valence-electron chi connectivity index (χ1n) is 1.98. The Hall–Kier alpha value is 0.190. The second kappa shape index (κ2) is 2.43. The van der Waals surface area contributed by atoms with E-state index in [0.29, 0.717) is 0 Å². The van der Waals surface area contributed by atoms with Crippen molar-refractivity contribution in [2.75, 3.05) is 0 Å². The zero-order valence-electron chi connectivity index (χ0n) is 4.19. The highest BCUT2D eigenvalue weighted by atomic mass is 35.7. The number of aromatic nitrogens is 1. The van der Waals surface area contributed by atoms with Crippen molar-refractivity contribution in [2.45, 2.75) is 4.34 Å². The van der Waals surface area contributed by atoms with Gasteiger partial charge >= 0.3 is 0 Å². The summed E-state index contributed by atoms with van der Waals surface area (Å²) in [6.07, 6.45) is 1.47. The summed E-state index contributed by atoms with van der Waals surface area (Å²) < 4.78 is 17.6. The molecule has 0 saturated heterocycles. The standard InChI is InChI=1S/C3H4ClNO2S2/c4-9(6,7)3-5-1-2-8-3/h1-2,6-7H. The molecule has 0 atom stereocenters. The molecule has 0 unspecified atom stereocenters. The number of hydrogen-bond acceptors (Lipinski definition) is 4. The van der Waals surface area contributed by atoms with Gasteiger partial charge in [0.2, 0.25) is 4.34 Å². The molecule has 9 heavy (non-hydrogen) atoms. The number of thiazole rings is 1. The predicted octanol–water partition coefficient (Wildman–Crippen LogP) is 2.41. The number of halogens is 1. The molecule has 0 fully saturated rings. The summed E-state index contributed by atoms with van der Waals surface area (Å²) in [4.78, 5) is 3.61. The van der Waals surface area contributed by atoms with Gasteiger partial charge in [0.15, 0.2) is 0 Å². The van der Waals surface area contributed by atoms with E-state index in [4.69, 9.17) is 19.8 Å². The fourth-order valence-corrected chi connectivity index (χ4v) is 2.00. The lowest BCUT2D eigenvalue weighted by Crippen LogP contribution is -1.85. The van der Waals surface area contributed by atoms with Crippen LogP contribution in [0.25, 0.3) is 0 Å². The lowest BCUT2D eigenvalue weighted by Gasteiger charge is -2.17. The van der Waals surface area contributed by atoms with E-state index in [-0.39, 0.29) is 4.34 Å². The molecule has 2 N–H and O–H groups in total. The van der Waals surface area contributed by atoms with Gasteiger partial charge in [-0.15, -0.1) is 11.3 Å². The van der Waals surface area contributed by atoms with E-state index in [1.807, 2.05) is 0 Å². The Morgan fingerprint density at radius 3 is 2.56 bits per heavy atom. The Labute approximate surface area is 62.2 Å². The van der Waals surface area contributed by atoms with Crippen molar-refractivity contribution in [1.29, 1.82) is 0 Å². The van der Waals surface area contributed by atoms with Crippen LogP contribution in [-0.2, 0) is 0 Å². The molecule has 1 aromatic rings. The molecule has 0 aliphatic rings. The molecular weight excluding hydrogens is 182 g/mol. The van der Waals surface area contributed by atoms with Gasteiger partial charge in [0, 0.05) is 22.3 Å². The van der Waals surface area contributed by atoms with Crippen molar-refractivity contribution in [3.05, 3.63) is 11.6 Å². The Morgan fingerprint density at radius 2 is 2.33 bits per heavy atom. The van der Waals surface area contributed by atoms with Gasteiger partial charge in [0.25, 0.3) is 0 Å². The monoisotopic (exact) mass is 185 g/mol. The molecule has 1 heterocycles. The first-order valence-corrected chi connectivity index (χ1v) is 5.23. The maximum absolute atomic E-state index is 8.73. The van der Waals surface area contributed by atoms with Crippen LogP contribution in [0.4, 0.5) is 0 Å². The van der Waals surface area contributed by atoms with Crippen LogP contribution in [0.15, 0.2) is 15.9 Å². The van der Waals surface area contributed by atoms with Crippen molar-refractivity contribution in [3.63, 3.8) is 0 Å². The topological polar surface area (TPSA) is 53.4 Å². The second-order valence-electron chi connectivity index (χ2n) is 1.28. The molecule has 1 aromatic heterocycles. The minimum atomic E-state index is -3.08. The molecule has 1 rings (SSSR count). The summed E-state index contributed by atoms with van der Waals surface area (Å²) >= 11 is 1.12. The Morgan fingerprint density at radius 1 is 1.67 bits per heavy atom. The molecule has 3 nitrogen and oxygen atoms in total. The van der Waals surface area contributed by atoms with Crippen molar-refractivity contribution in [3.8, 4) is 0 Å². The van der Waals surface area contributed by atoms with Crippen molar-refractivity contribution >= 4 is 31.8 Å². The fourth-order valence-electron chi connectivity index (χ4n) is 0.339. The lowest BCUT2D eigenvalue weighted by atomic mass is 11.0. The van der Waals surface area contributed by atoms with E-state index >= 15 is 0 Å². The smallest absolute Gasteiger partial charge is 0.219 e. The zero-order valence-corrected chi connectivity index (χ0v) is 6.58. The number of nitrogens with zero attached hydrogens (tertiary/aromatic N) is 1. The van der Waals surface area contributed by atoms with Crippen LogP contribution in [0.1, 0.15) is 0 Å². The predicted molar refractivity (Wildman–Crippen MR) is 39.1 cm³/mol. The molecular formula is C3H4ClNO2S2. The third kappa shape index (κ3) is 1.80. The Kier molecular flexibility index (Phi) is 1.97. The lowest BCUT2D eigenvalue weighted by molar-refractivity contribution is 0.506. The molecule has 0 radical (unpaired) electrons. The first kappa shape index (κ1) is 7.30. The highest BCUT2D eigenvalue weighted by Crippen LogP contribution is 2.53. The summed E-state index contributed by atoms with van der Waals surface area (Å²) in [5, 5.41) is 1.63. The van der Waals surface area contributed by atoms with Gasteiger partial charge < -0.3 is 0 Å². The van der Waals surface area contributed by atoms with Crippen LogP contribution in [0.2, 0.25) is 0 Å². The molecule has 0 aliphatic carbocycles. The van der Waals surface area contributed by atoms with E-state index in [0.717, 1.165) is 11.3 Å². The van der Waals surface area contributed by atoms with Gasteiger partial charge in [-0.05, 0) is 0 Å². The average molecular weight is 186 g/mol. The molecule has 0 amide bonds. The quantitative estimate of drug-likeness (QED) is 0.707. The number of rotatable bonds is 1. The van der Waals surface area contributed by atoms with E-state index in [1.54, 1.807) is 5.38 Å². The minimum Gasteiger partial charge on any atom is -0.279 e. The summed E-state index contributed by atoms with van der Waals surface area (Å²) in [5.41, 5.74) is 0. The summed E-state index contributed by atoms with van der Waals surface area (Å²) in [6, 6.07) is 0. The maximum atomic E-state index is 8.73. The van der Waals surface area contributed by atoms with Crippen molar-refractivity contribution in [1.82, 2.24) is 4.98 Å². The van der Waals surface area contributed by atoms with E-state index < -0.39 is 9.80 Å². The van der Waals surface area contributed by atoms with Gasteiger partial charge in [0.05, 0.1) is 0 Å². The normalized spacial score (nSPS) is 13.7. The Bertz CT molecular complexity index is 182. The molecule has 0 saturated carbocycles. The van der Waals surface area contributed by atoms with Crippen LogP contribution in [-0.4, -0.2) is 14.1 Å². The van der Waals surface area contributed by atoms with Gasteiger partial charge in [-0.25, -0.2) is 4.98 Å². The van der Waals surface area contributed by atoms with E-state index in [2.05, 4.69) is 4.98 Å². The van der Waals surface area contributed by atoms with Crippen LogP contribution in [0, 0.1) is 0 Å². The SMILES string of the molecule is OS(O)(Cl)c1nccs1. The molecule has 0 aromatic carbocycles. The van der Waals surface area contributed by atoms with Gasteiger partial charge in [-0.2, -0.15) is 0 Å². The first-order chi connectivity index (χ1) is 4.11. The van der Waals surface area contributed by atoms with E-state index in [1.165, 1.54) is 6.20 Å². The van der Waals surface area contributed by atoms with Crippen molar-refractivity contribution < 1.29 is 9.11 Å². The Balaban J connectivity index is 2.90. The second-order valence-corrected chi connectivity index (χ2v) is 5.07. The van der Waals surface area contributed by atoms with Crippen LogP contribution >= 0.6 is 31.8 Å².